The number of hydrazine groups is 1. The van der Waals surface area contributed by atoms with E-state index in [1.165, 1.54) is 0 Å². The van der Waals surface area contributed by atoms with E-state index in [4.69, 9.17) is 29.0 Å². The Bertz CT molecular complexity index is 531. The van der Waals surface area contributed by atoms with Crippen molar-refractivity contribution in [3.63, 3.8) is 0 Å². The second kappa shape index (κ2) is 6.87. The summed E-state index contributed by atoms with van der Waals surface area (Å²) in [6.45, 7) is 0. The van der Waals surface area contributed by atoms with E-state index in [9.17, 15) is 0 Å². The van der Waals surface area contributed by atoms with Gasteiger partial charge in [0.15, 0.2) is 0 Å². The minimum Gasteiger partial charge on any atom is -0.271 e. The van der Waals surface area contributed by atoms with Crippen LogP contribution >= 0.6 is 23.2 Å². The van der Waals surface area contributed by atoms with Gasteiger partial charge in [0.2, 0.25) is 0 Å². The average molecular weight is 296 g/mol. The van der Waals surface area contributed by atoms with Crippen LogP contribution < -0.4 is 11.3 Å². The highest BCUT2D eigenvalue weighted by Crippen LogP contribution is 2.31. The lowest BCUT2D eigenvalue weighted by Gasteiger charge is -2.18. The molecule has 0 radical (unpaired) electrons. The molecule has 0 saturated heterocycles. The second-order valence-corrected chi connectivity index (χ2v) is 5.01. The number of aryl methyl sites for hydroxylation is 1. The van der Waals surface area contributed by atoms with Crippen molar-refractivity contribution in [1.82, 2.24) is 10.4 Å². The maximum absolute atomic E-state index is 6.21. The van der Waals surface area contributed by atoms with Gasteiger partial charge in [-0.05, 0) is 36.6 Å². The quantitative estimate of drug-likeness (QED) is 0.655. The zero-order chi connectivity index (χ0) is 13.7. The van der Waals surface area contributed by atoms with Gasteiger partial charge in [-0.25, -0.2) is 0 Å². The summed E-state index contributed by atoms with van der Waals surface area (Å²) < 4.78 is 0. The summed E-state index contributed by atoms with van der Waals surface area (Å²) in [4.78, 5) is 4.29. The summed E-state index contributed by atoms with van der Waals surface area (Å²) in [5, 5.41) is 1.09. The molecule has 0 aliphatic heterocycles. The number of hydrogen-bond donors (Lipinski definition) is 2. The van der Waals surface area contributed by atoms with Gasteiger partial charge in [0.05, 0.1) is 10.0 Å². The van der Waals surface area contributed by atoms with E-state index in [-0.39, 0.29) is 6.04 Å². The molecule has 0 bridgehead atoms. The molecule has 2 aromatic rings. The van der Waals surface area contributed by atoms with E-state index in [1.54, 1.807) is 12.3 Å². The molecule has 3 N–H and O–H groups in total. The molecule has 1 aromatic heterocycles. The van der Waals surface area contributed by atoms with Gasteiger partial charge in [0.1, 0.15) is 0 Å². The predicted molar refractivity (Wildman–Crippen MR) is 79.1 cm³/mol. The lowest BCUT2D eigenvalue weighted by Crippen LogP contribution is -2.28. The minimum atomic E-state index is -0.0480. The van der Waals surface area contributed by atoms with Crippen LogP contribution in [-0.2, 0) is 6.42 Å². The van der Waals surface area contributed by atoms with Gasteiger partial charge in [-0.1, -0.05) is 41.4 Å². The number of halogens is 2. The maximum Gasteiger partial charge on any atom is 0.0640 e. The summed E-state index contributed by atoms with van der Waals surface area (Å²) in [6, 6.07) is 11.4. The Morgan fingerprint density at radius 1 is 1.16 bits per heavy atom. The van der Waals surface area contributed by atoms with Crippen LogP contribution in [-0.4, -0.2) is 4.98 Å². The Morgan fingerprint density at radius 3 is 2.68 bits per heavy atom. The monoisotopic (exact) mass is 295 g/mol. The van der Waals surface area contributed by atoms with Crippen molar-refractivity contribution in [2.45, 2.75) is 18.9 Å². The van der Waals surface area contributed by atoms with Crippen LogP contribution in [0.15, 0.2) is 42.6 Å². The highest BCUT2D eigenvalue weighted by molar-refractivity contribution is 6.42. The van der Waals surface area contributed by atoms with Crippen molar-refractivity contribution in [1.29, 1.82) is 0 Å². The first-order chi connectivity index (χ1) is 9.22. The second-order valence-electron chi connectivity index (χ2n) is 4.22. The summed E-state index contributed by atoms with van der Waals surface area (Å²) in [7, 11) is 0. The van der Waals surface area contributed by atoms with E-state index in [0.29, 0.717) is 10.0 Å². The van der Waals surface area contributed by atoms with Crippen molar-refractivity contribution >= 4 is 23.2 Å². The number of nitrogens with one attached hydrogen (secondary N) is 1. The summed E-state index contributed by atoms with van der Waals surface area (Å²) in [6.07, 6.45) is 3.40. The Hall–Kier alpha value is -1.13. The summed E-state index contributed by atoms with van der Waals surface area (Å²) in [5.74, 6) is 5.62. The Morgan fingerprint density at radius 2 is 2.00 bits per heavy atom. The van der Waals surface area contributed by atoms with E-state index < -0.39 is 0 Å². The molecule has 0 saturated carbocycles. The third kappa shape index (κ3) is 3.67. The number of hydrogen-bond acceptors (Lipinski definition) is 3. The number of rotatable bonds is 5. The highest BCUT2D eigenvalue weighted by Gasteiger charge is 2.15. The first-order valence-electron chi connectivity index (χ1n) is 6.02. The van der Waals surface area contributed by atoms with Gasteiger partial charge in [0.25, 0.3) is 0 Å². The molecule has 0 aliphatic rings. The van der Waals surface area contributed by atoms with Crippen LogP contribution in [0.25, 0.3) is 0 Å². The fourth-order valence-electron chi connectivity index (χ4n) is 1.96. The average Bonchev–Trinajstić information content (AvgIpc) is 2.45. The number of pyridine rings is 1. The third-order valence-corrected chi connectivity index (χ3v) is 3.81. The van der Waals surface area contributed by atoms with Gasteiger partial charge < -0.3 is 0 Å². The fraction of sp³-hybridized carbons (Fsp3) is 0.214. The van der Waals surface area contributed by atoms with Gasteiger partial charge >= 0.3 is 0 Å². The Kier molecular flexibility index (Phi) is 5.16. The Labute approximate surface area is 122 Å². The van der Waals surface area contributed by atoms with Gasteiger partial charge in [0, 0.05) is 17.9 Å². The smallest absolute Gasteiger partial charge is 0.0640 e. The van der Waals surface area contributed by atoms with Gasteiger partial charge in [-0.15, -0.1) is 0 Å². The number of benzene rings is 1. The molecule has 100 valence electrons. The number of aromatic nitrogens is 1. The summed E-state index contributed by atoms with van der Waals surface area (Å²) >= 11 is 12.2. The van der Waals surface area contributed by atoms with E-state index in [2.05, 4.69) is 10.4 Å². The van der Waals surface area contributed by atoms with Crippen molar-refractivity contribution in [3.05, 3.63) is 63.9 Å². The van der Waals surface area contributed by atoms with Crippen LogP contribution in [0, 0.1) is 0 Å². The highest BCUT2D eigenvalue weighted by atomic mass is 35.5. The topological polar surface area (TPSA) is 50.9 Å². The minimum absolute atomic E-state index is 0.0480. The molecule has 0 aliphatic carbocycles. The first-order valence-corrected chi connectivity index (χ1v) is 6.78. The zero-order valence-corrected chi connectivity index (χ0v) is 11.8. The number of nitrogens with two attached hydrogens (primary N) is 1. The lowest BCUT2D eigenvalue weighted by atomic mass is 10.0. The third-order valence-electron chi connectivity index (χ3n) is 2.97. The van der Waals surface area contributed by atoms with E-state index >= 15 is 0 Å². The molecule has 1 atom stereocenters. The van der Waals surface area contributed by atoms with Crippen molar-refractivity contribution in [2.24, 2.45) is 5.84 Å². The predicted octanol–water partition coefficient (Wildman–Crippen LogP) is 3.53. The van der Waals surface area contributed by atoms with Crippen LogP contribution in [0.5, 0.6) is 0 Å². The van der Waals surface area contributed by atoms with Crippen molar-refractivity contribution in [2.75, 3.05) is 0 Å². The van der Waals surface area contributed by atoms with Crippen LogP contribution in [0.4, 0.5) is 0 Å². The molecule has 0 spiro atoms. The molecule has 2 rings (SSSR count). The fourth-order valence-corrected chi connectivity index (χ4v) is 2.40. The maximum atomic E-state index is 6.21. The zero-order valence-electron chi connectivity index (χ0n) is 10.3. The normalized spacial score (nSPS) is 12.4. The molecule has 5 heteroatoms. The standard InChI is InChI=1S/C14H15Cl2N3/c15-12-6-3-5-11(14(12)16)13(19-17)8-7-10-4-1-2-9-18-10/h1-6,9,13,19H,7-8,17H2. The summed E-state index contributed by atoms with van der Waals surface area (Å²) in [5.41, 5.74) is 4.72. The SMILES string of the molecule is NNC(CCc1ccccn1)c1cccc(Cl)c1Cl. The van der Waals surface area contributed by atoms with E-state index in [0.717, 1.165) is 24.1 Å². The van der Waals surface area contributed by atoms with Crippen LogP contribution in [0.3, 0.4) is 0 Å². The van der Waals surface area contributed by atoms with Crippen molar-refractivity contribution < 1.29 is 0 Å². The van der Waals surface area contributed by atoms with Gasteiger partial charge in [-0.3, -0.25) is 16.3 Å². The first kappa shape index (κ1) is 14.3. The molecule has 19 heavy (non-hydrogen) atoms. The van der Waals surface area contributed by atoms with Crippen LogP contribution in [0.2, 0.25) is 10.0 Å². The lowest BCUT2D eigenvalue weighted by molar-refractivity contribution is 0.514. The van der Waals surface area contributed by atoms with Crippen molar-refractivity contribution in [3.8, 4) is 0 Å². The molecule has 3 nitrogen and oxygen atoms in total. The van der Waals surface area contributed by atoms with Gasteiger partial charge in [-0.2, -0.15) is 0 Å². The van der Waals surface area contributed by atoms with E-state index in [1.807, 2.05) is 30.3 Å². The molecule has 1 unspecified atom stereocenters. The largest absolute Gasteiger partial charge is 0.271 e. The molecule has 1 heterocycles. The Balaban J connectivity index is 2.10. The molecular weight excluding hydrogens is 281 g/mol. The van der Waals surface area contributed by atoms with Crippen LogP contribution in [0.1, 0.15) is 23.7 Å². The number of nitrogens with zero attached hydrogens (tertiary/aromatic N) is 1. The molecule has 0 fully saturated rings. The molecule has 0 amide bonds. The molecule has 1 aromatic carbocycles. The molecular formula is C14H15Cl2N3.